The molecular weight excluding hydrogens is 264 g/mol. The molecule has 1 aliphatic heterocycles. The molecule has 0 bridgehead atoms. The highest BCUT2D eigenvalue weighted by molar-refractivity contribution is 6.05. The molecule has 0 spiro atoms. The summed E-state index contributed by atoms with van der Waals surface area (Å²) >= 11 is 0. The number of amides is 1. The number of pyridine rings is 1. The standard InChI is InChI=1S/C16H16N4O/c17-8-7-15(21)19-13-5-6-14(20-10-1-2-11-20)16-12(13)4-3-9-18-16/h3-6,9H,1-2,7,10-11H2,(H,19,21). The number of anilines is 2. The van der Waals surface area contributed by atoms with Crippen LogP contribution in [-0.2, 0) is 4.79 Å². The maximum Gasteiger partial charge on any atom is 0.238 e. The third kappa shape index (κ3) is 2.65. The molecule has 1 fully saturated rings. The van der Waals surface area contributed by atoms with Gasteiger partial charge in [0, 0.05) is 24.7 Å². The normalized spacial score (nSPS) is 14.1. The molecule has 0 saturated carbocycles. The molecule has 1 aliphatic rings. The fraction of sp³-hybridized carbons (Fsp3) is 0.312. The van der Waals surface area contributed by atoms with Gasteiger partial charge < -0.3 is 10.2 Å². The first-order valence-corrected chi connectivity index (χ1v) is 7.09. The van der Waals surface area contributed by atoms with E-state index in [1.165, 1.54) is 12.8 Å². The molecule has 0 atom stereocenters. The molecule has 5 heteroatoms. The SMILES string of the molecule is N#CCC(=O)Nc1ccc(N2CCCC2)c2ncccc12. The van der Waals surface area contributed by atoms with Crippen molar-refractivity contribution in [3.05, 3.63) is 30.5 Å². The van der Waals surface area contributed by atoms with Crippen molar-refractivity contribution >= 4 is 28.2 Å². The highest BCUT2D eigenvalue weighted by atomic mass is 16.1. The summed E-state index contributed by atoms with van der Waals surface area (Å²) in [6.45, 7) is 2.09. The Kier molecular flexibility index (Phi) is 3.69. The van der Waals surface area contributed by atoms with Crippen LogP contribution in [0.3, 0.4) is 0 Å². The van der Waals surface area contributed by atoms with E-state index in [0.717, 1.165) is 29.7 Å². The van der Waals surface area contributed by atoms with Crippen molar-refractivity contribution in [3.8, 4) is 6.07 Å². The molecule has 3 rings (SSSR count). The Morgan fingerprint density at radius 2 is 2.14 bits per heavy atom. The summed E-state index contributed by atoms with van der Waals surface area (Å²) in [5, 5.41) is 12.3. The van der Waals surface area contributed by atoms with Crippen molar-refractivity contribution in [2.45, 2.75) is 19.3 Å². The van der Waals surface area contributed by atoms with E-state index in [4.69, 9.17) is 5.26 Å². The summed E-state index contributed by atoms with van der Waals surface area (Å²) in [7, 11) is 0. The third-order valence-corrected chi connectivity index (χ3v) is 3.71. The van der Waals surface area contributed by atoms with Crippen LogP contribution in [0, 0.1) is 11.3 Å². The maximum absolute atomic E-state index is 11.6. The molecule has 2 heterocycles. The van der Waals surface area contributed by atoms with Crippen LogP contribution in [0.2, 0.25) is 0 Å². The maximum atomic E-state index is 11.6. The zero-order chi connectivity index (χ0) is 14.7. The monoisotopic (exact) mass is 280 g/mol. The van der Waals surface area contributed by atoms with Crippen LogP contribution in [0.15, 0.2) is 30.5 Å². The molecule has 1 amide bonds. The van der Waals surface area contributed by atoms with E-state index in [-0.39, 0.29) is 12.3 Å². The Labute approximate surface area is 123 Å². The first kappa shape index (κ1) is 13.4. The van der Waals surface area contributed by atoms with Crippen LogP contribution >= 0.6 is 0 Å². The van der Waals surface area contributed by atoms with Gasteiger partial charge in [0.1, 0.15) is 6.42 Å². The van der Waals surface area contributed by atoms with Gasteiger partial charge >= 0.3 is 0 Å². The minimum absolute atomic E-state index is 0.143. The Morgan fingerprint density at radius 3 is 2.90 bits per heavy atom. The predicted octanol–water partition coefficient (Wildman–Crippen LogP) is 2.69. The second-order valence-corrected chi connectivity index (χ2v) is 5.11. The van der Waals surface area contributed by atoms with Crippen molar-refractivity contribution < 1.29 is 4.79 Å². The highest BCUT2D eigenvalue weighted by Crippen LogP contribution is 2.32. The molecule has 1 aromatic carbocycles. The quantitative estimate of drug-likeness (QED) is 0.938. The minimum Gasteiger partial charge on any atom is -0.370 e. The third-order valence-electron chi connectivity index (χ3n) is 3.71. The number of hydrogen-bond donors (Lipinski definition) is 1. The molecule has 0 aliphatic carbocycles. The lowest BCUT2D eigenvalue weighted by Gasteiger charge is -2.20. The second-order valence-electron chi connectivity index (χ2n) is 5.11. The molecule has 21 heavy (non-hydrogen) atoms. The summed E-state index contributed by atoms with van der Waals surface area (Å²) in [5.74, 6) is -0.295. The van der Waals surface area contributed by atoms with Gasteiger partial charge in [0.2, 0.25) is 5.91 Å². The average molecular weight is 280 g/mol. The van der Waals surface area contributed by atoms with Crippen LogP contribution in [0.25, 0.3) is 10.9 Å². The summed E-state index contributed by atoms with van der Waals surface area (Å²) < 4.78 is 0. The van der Waals surface area contributed by atoms with E-state index in [1.54, 1.807) is 6.20 Å². The van der Waals surface area contributed by atoms with Crippen LogP contribution in [0.1, 0.15) is 19.3 Å². The number of carbonyl (C=O) groups excluding carboxylic acids is 1. The topological polar surface area (TPSA) is 69.0 Å². The fourth-order valence-electron chi connectivity index (χ4n) is 2.75. The number of fused-ring (bicyclic) bond motifs is 1. The lowest BCUT2D eigenvalue weighted by atomic mass is 10.1. The molecule has 2 aromatic rings. The minimum atomic E-state index is -0.295. The van der Waals surface area contributed by atoms with Gasteiger partial charge in [-0.05, 0) is 37.1 Å². The summed E-state index contributed by atoms with van der Waals surface area (Å²) in [6.07, 6.45) is 4.03. The van der Waals surface area contributed by atoms with Crippen molar-refractivity contribution in [1.82, 2.24) is 4.98 Å². The Morgan fingerprint density at radius 1 is 1.33 bits per heavy atom. The zero-order valence-electron chi connectivity index (χ0n) is 11.7. The van der Waals surface area contributed by atoms with Gasteiger partial charge in [0.25, 0.3) is 0 Å². The van der Waals surface area contributed by atoms with E-state index in [9.17, 15) is 4.79 Å². The number of carbonyl (C=O) groups is 1. The highest BCUT2D eigenvalue weighted by Gasteiger charge is 2.17. The van der Waals surface area contributed by atoms with Crippen LogP contribution in [0.4, 0.5) is 11.4 Å². The molecule has 0 unspecified atom stereocenters. The molecular formula is C16H16N4O. The summed E-state index contributed by atoms with van der Waals surface area (Å²) in [5.41, 5.74) is 2.72. The summed E-state index contributed by atoms with van der Waals surface area (Å²) in [6, 6.07) is 9.56. The lowest BCUT2D eigenvalue weighted by Crippen LogP contribution is -2.18. The van der Waals surface area contributed by atoms with E-state index in [2.05, 4.69) is 15.2 Å². The number of hydrogen-bond acceptors (Lipinski definition) is 4. The number of aromatic nitrogens is 1. The molecule has 5 nitrogen and oxygen atoms in total. The largest absolute Gasteiger partial charge is 0.370 e. The van der Waals surface area contributed by atoms with Gasteiger partial charge in [0.15, 0.2) is 0 Å². The molecule has 1 saturated heterocycles. The van der Waals surface area contributed by atoms with E-state index >= 15 is 0 Å². The Bertz CT molecular complexity index is 714. The first-order chi connectivity index (χ1) is 10.3. The Balaban J connectivity index is 2.02. The molecule has 0 radical (unpaired) electrons. The van der Waals surface area contributed by atoms with Crippen LogP contribution in [-0.4, -0.2) is 24.0 Å². The van der Waals surface area contributed by atoms with Crippen molar-refractivity contribution in [1.29, 1.82) is 5.26 Å². The van der Waals surface area contributed by atoms with Gasteiger partial charge in [-0.15, -0.1) is 0 Å². The van der Waals surface area contributed by atoms with Crippen molar-refractivity contribution in [2.24, 2.45) is 0 Å². The van der Waals surface area contributed by atoms with Gasteiger partial charge in [-0.3, -0.25) is 9.78 Å². The molecule has 1 aromatic heterocycles. The van der Waals surface area contributed by atoms with Crippen LogP contribution < -0.4 is 10.2 Å². The average Bonchev–Trinajstić information content (AvgIpc) is 3.02. The van der Waals surface area contributed by atoms with Crippen molar-refractivity contribution in [3.63, 3.8) is 0 Å². The van der Waals surface area contributed by atoms with Gasteiger partial charge in [-0.25, -0.2) is 0 Å². The Hall–Kier alpha value is -2.61. The second kappa shape index (κ2) is 5.80. The van der Waals surface area contributed by atoms with Gasteiger partial charge in [-0.2, -0.15) is 5.26 Å². The number of nitriles is 1. The molecule has 106 valence electrons. The number of rotatable bonds is 3. The first-order valence-electron chi connectivity index (χ1n) is 7.09. The lowest BCUT2D eigenvalue weighted by molar-refractivity contribution is -0.115. The van der Waals surface area contributed by atoms with Crippen LogP contribution in [0.5, 0.6) is 0 Å². The number of nitrogens with one attached hydrogen (secondary N) is 1. The van der Waals surface area contributed by atoms with Crippen molar-refractivity contribution in [2.75, 3.05) is 23.3 Å². The molecule has 1 N–H and O–H groups in total. The number of benzene rings is 1. The smallest absolute Gasteiger partial charge is 0.238 e. The van der Waals surface area contributed by atoms with Gasteiger partial charge in [-0.1, -0.05) is 0 Å². The zero-order valence-corrected chi connectivity index (χ0v) is 11.7. The van der Waals surface area contributed by atoms with E-state index in [1.807, 2.05) is 30.3 Å². The number of nitrogens with zero attached hydrogens (tertiary/aromatic N) is 3. The summed E-state index contributed by atoms with van der Waals surface area (Å²) in [4.78, 5) is 18.4. The predicted molar refractivity (Wildman–Crippen MR) is 82.0 cm³/mol. The van der Waals surface area contributed by atoms with Gasteiger partial charge in [0.05, 0.1) is 23.0 Å². The van der Waals surface area contributed by atoms with E-state index < -0.39 is 0 Å². The van der Waals surface area contributed by atoms with E-state index in [0.29, 0.717) is 5.69 Å². The fourth-order valence-corrected chi connectivity index (χ4v) is 2.75.